The van der Waals surface area contributed by atoms with Crippen molar-refractivity contribution >= 4 is 5.97 Å². The van der Waals surface area contributed by atoms with Crippen LogP contribution in [-0.4, -0.2) is 62.4 Å². The van der Waals surface area contributed by atoms with E-state index in [9.17, 15) is 4.79 Å². The molecule has 3 unspecified atom stereocenters. The number of carbonyl (C=O) groups excluding carboxylic acids is 1. The van der Waals surface area contributed by atoms with Crippen molar-refractivity contribution in [3.63, 3.8) is 0 Å². The molecule has 0 amide bonds. The number of ether oxygens (including phenoxy) is 2. The fourth-order valence-electron chi connectivity index (χ4n) is 2.79. The Labute approximate surface area is 109 Å². The van der Waals surface area contributed by atoms with Gasteiger partial charge in [0, 0.05) is 19.6 Å². The summed E-state index contributed by atoms with van der Waals surface area (Å²) in [5.74, 6) is -0.165. The first-order valence-corrected chi connectivity index (χ1v) is 6.92. The molecule has 0 aromatic carbocycles. The number of esters is 1. The second-order valence-corrected chi connectivity index (χ2v) is 5.21. The van der Waals surface area contributed by atoms with Crippen LogP contribution in [0.1, 0.15) is 26.2 Å². The third-order valence-electron chi connectivity index (χ3n) is 3.69. The molecule has 2 saturated heterocycles. The molecule has 0 saturated carbocycles. The average Bonchev–Trinajstić information content (AvgIpc) is 2.72. The third kappa shape index (κ3) is 3.43. The van der Waals surface area contributed by atoms with E-state index < -0.39 is 0 Å². The van der Waals surface area contributed by atoms with Gasteiger partial charge in [0.1, 0.15) is 6.04 Å². The first-order chi connectivity index (χ1) is 8.72. The summed E-state index contributed by atoms with van der Waals surface area (Å²) >= 11 is 0. The van der Waals surface area contributed by atoms with Crippen molar-refractivity contribution in [3.05, 3.63) is 0 Å². The maximum absolute atomic E-state index is 11.7. The monoisotopic (exact) mass is 256 g/mol. The lowest BCUT2D eigenvalue weighted by Crippen LogP contribution is -2.51. The number of methoxy groups -OCH3 is 1. The van der Waals surface area contributed by atoms with Gasteiger partial charge < -0.3 is 14.8 Å². The minimum atomic E-state index is -0.215. The lowest BCUT2D eigenvalue weighted by molar-refractivity contribution is -0.144. The van der Waals surface area contributed by atoms with Crippen molar-refractivity contribution in [1.82, 2.24) is 10.2 Å². The highest BCUT2D eigenvalue weighted by Gasteiger charge is 2.35. The van der Waals surface area contributed by atoms with E-state index in [1.54, 1.807) is 0 Å². The zero-order valence-electron chi connectivity index (χ0n) is 11.4. The van der Waals surface area contributed by atoms with Crippen LogP contribution in [0.5, 0.6) is 0 Å². The Morgan fingerprint density at radius 1 is 1.44 bits per heavy atom. The second-order valence-electron chi connectivity index (χ2n) is 5.21. The van der Waals surface area contributed by atoms with E-state index in [1.807, 2.05) is 0 Å². The van der Waals surface area contributed by atoms with Crippen LogP contribution in [0.25, 0.3) is 0 Å². The maximum Gasteiger partial charge on any atom is 0.324 e. The third-order valence-corrected chi connectivity index (χ3v) is 3.69. The highest BCUT2D eigenvalue weighted by Crippen LogP contribution is 2.26. The molecule has 0 spiro atoms. The number of carbonyl (C=O) groups is 1. The van der Waals surface area contributed by atoms with Crippen LogP contribution in [0.2, 0.25) is 0 Å². The van der Waals surface area contributed by atoms with E-state index in [0.29, 0.717) is 12.2 Å². The van der Waals surface area contributed by atoms with Gasteiger partial charge in [0.05, 0.1) is 19.3 Å². The Morgan fingerprint density at radius 2 is 2.11 bits per heavy atom. The van der Waals surface area contributed by atoms with Gasteiger partial charge in [-0.15, -0.1) is 0 Å². The largest absolute Gasteiger partial charge is 0.468 e. The molecule has 2 bridgehead atoms. The molecule has 2 heterocycles. The van der Waals surface area contributed by atoms with Gasteiger partial charge in [0.2, 0.25) is 0 Å². The predicted octanol–water partition coefficient (Wildman–Crippen LogP) is 0.391. The van der Waals surface area contributed by atoms with Crippen LogP contribution in [0.4, 0.5) is 0 Å². The summed E-state index contributed by atoms with van der Waals surface area (Å²) < 4.78 is 10.7. The Balaban J connectivity index is 1.85. The fourth-order valence-corrected chi connectivity index (χ4v) is 2.79. The minimum Gasteiger partial charge on any atom is -0.468 e. The summed E-state index contributed by atoms with van der Waals surface area (Å²) in [6.45, 7) is 5.55. The van der Waals surface area contributed by atoms with Crippen LogP contribution >= 0.6 is 0 Å². The van der Waals surface area contributed by atoms with Gasteiger partial charge in [0.25, 0.3) is 0 Å². The normalized spacial score (nSPS) is 29.2. The standard InChI is InChI=1S/C13H24N2O3/c1-3-6-14-12(13(16)17-2)9-15-7-10-4-5-11(8-15)18-10/h10-12,14H,3-9H2,1-2H3. The molecule has 5 nitrogen and oxygen atoms in total. The lowest BCUT2D eigenvalue weighted by Gasteiger charge is -2.34. The summed E-state index contributed by atoms with van der Waals surface area (Å²) in [6.07, 6.45) is 4.07. The predicted molar refractivity (Wildman–Crippen MR) is 68.4 cm³/mol. The van der Waals surface area contributed by atoms with E-state index in [4.69, 9.17) is 9.47 Å². The molecule has 0 aromatic rings. The smallest absolute Gasteiger partial charge is 0.324 e. The first kappa shape index (κ1) is 13.8. The molecule has 5 heteroatoms. The van der Waals surface area contributed by atoms with Crippen molar-refractivity contribution in [3.8, 4) is 0 Å². The van der Waals surface area contributed by atoms with Gasteiger partial charge >= 0.3 is 5.97 Å². The molecule has 2 rings (SSSR count). The minimum absolute atomic E-state index is 0.165. The summed E-state index contributed by atoms with van der Waals surface area (Å²) in [6, 6.07) is -0.215. The van der Waals surface area contributed by atoms with Crippen LogP contribution in [0, 0.1) is 0 Å². The highest BCUT2D eigenvalue weighted by molar-refractivity contribution is 5.75. The zero-order valence-corrected chi connectivity index (χ0v) is 11.4. The SMILES string of the molecule is CCCNC(CN1CC2CCC(C1)O2)C(=O)OC. The number of hydrogen-bond acceptors (Lipinski definition) is 5. The molecular formula is C13H24N2O3. The van der Waals surface area contributed by atoms with Crippen LogP contribution in [0.15, 0.2) is 0 Å². The van der Waals surface area contributed by atoms with Crippen molar-refractivity contribution in [1.29, 1.82) is 0 Å². The number of likely N-dealkylation sites (tertiary alicyclic amines) is 1. The Kier molecular flexibility index (Phi) is 4.97. The van der Waals surface area contributed by atoms with Gasteiger partial charge in [-0.25, -0.2) is 0 Å². The van der Waals surface area contributed by atoms with E-state index in [1.165, 1.54) is 7.11 Å². The molecule has 2 aliphatic heterocycles. The molecule has 0 radical (unpaired) electrons. The van der Waals surface area contributed by atoms with Crippen LogP contribution < -0.4 is 5.32 Å². The summed E-state index contributed by atoms with van der Waals surface area (Å²) in [4.78, 5) is 14.1. The molecule has 0 aliphatic carbocycles. The number of fused-ring (bicyclic) bond motifs is 2. The molecule has 18 heavy (non-hydrogen) atoms. The van der Waals surface area contributed by atoms with E-state index in [-0.39, 0.29) is 12.0 Å². The number of rotatable bonds is 6. The van der Waals surface area contributed by atoms with Crippen molar-refractivity contribution in [2.24, 2.45) is 0 Å². The van der Waals surface area contributed by atoms with Crippen molar-refractivity contribution in [2.45, 2.75) is 44.4 Å². The van der Waals surface area contributed by atoms with Gasteiger partial charge in [-0.05, 0) is 25.8 Å². The molecule has 1 N–H and O–H groups in total. The van der Waals surface area contributed by atoms with Crippen molar-refractivity contribution in [2.75, 3.05) is 33.3 Å². The van der Waals surface area contributed by atoms with E-state index >= 15 is 0 Å². The van der Waals surface area contributed by atoms with E-state index in [0.717, 1.165) is 45.4 Å². The Morgan fingerprint density at radius 3 is 2.67 bits per heavy atom. The van der Waals surface area contributed by atoms with Gasteiger partial charge in [-0.2, -0.15) is 0 Å². The first-order valence-electron chi connectivity index (χ1n) is 6.92. The fraction of sp³-hybridized carbons (Fsp3) is 0.923. The number of nitrogens with zero attached hydrogens (tertiary/aromatic N) is 1. The second kappa shape index (κ2) is 6.50. The summed E-state index contributed by atoms with van der Waals surface area (Å²) in [5, 5.41) is 3.26. The topological polar surface area (TPSA) is 50.8 Å². The number of morpholine rings is 1. The molecular weight excluding hydrogens is 232 g/mol. The summed E-state index contributed by atoms with van der Waals surface area (Å²) in [5.41, 5.74) is 0. The molecule has 0 aromatic heterocycles. The molecule has 104 valence electrons. The van der Waals surface area contributed by atoms with Gasteiger partial charge in [-0.3, -0.25) is 9.69 Å². The number of nitrogens with one attached hydrogen (secondary N) is 1. The molecule has 2 fully saturated rings. The van der Waals surface area contributed by atoms with Gasteiger partial charge in [0.15, 0.2) is 0 Å². The zero-order chi connectivity index (χ0) is 13.0. The quantitative estimate of drug-likeness (QED) is 0.697. The summed E-state index contributed by atoms with van der Waals surface area (Å²) in [7, 11) is 1.45. The average molecular weight is 256 g/mol. The van der Waals surface area contributed by atoms with Crippen molar-refractivity contribution < 1.29 is 14.3 Å². The Bertz CT molecular complexity index is 273. The highest BCUT2D eigenvalue weighted by atomic mass is 16.5. The lowest BCUT2D eigenvalue weighted by atomic mass is 10.2. The van der Waals surface area contributed by atoms with Crippen LogP contribution in [0.3, 0.4) is 0 Å². The van der Waals surface area contributed by atoms with E-state index in [2.05, 4.69) is 17.1 Å². The molecule has 2 aliphatic rings. The maximum atomic E-state index is 11.7. The van der Waals surface area contributed by atoms with Gasteiger partial charge in [-0.1, -0.05) is 6.92 Å². The van der Waals surface area contributed by atoms with Crippen LogP contribution in [-0.2, 0) is 14.3 Å². The molecule has 3 atom stereocenters. The number of hydrogen-bond donors (Lipinski definition) is 1. The Hall–Kier alpha value is -0.650.